The predicted molar refractivity (Wildman–Crippen MR) is 131 cm³/mol. The van der Waals surface area contributed by atoms with Gasteiger partial charge in [0.2, 0.25) is 0 Å². The molecule has 0 fully saturated rings. The van der Waals surface area contributed by atoms with Crippen molar-refractivity contribution in [1.82, 2.24) is 19.5 Å². The van der Waals surface area contributed by atoms with Crippen LogP contribution in [0.4, 0.5) is 17.2 Å². The summed E-state index contributed by atoms with van der Waals surface area (Å²) < 4.78 is 1.89. The number of nitrogens with zero attached hydrogens (tertiary/aromatic N) is 4. The highest BCUT2D eigenvalue weighted by atomic mass is 32.1. The van der Waals surface area contributed by atoms with E-state index in [4.69, 9.17) is 0 Å². The summed E-state index contributed by atoms with van der Waals surface area (Å²) in [6, 6.07) is 21.0. The summed E-state index contributed by atoms with van der Waals surface area (Å²) in [4.78, 5) is 26.6. The van der Waals surface area contributed by atoms with Crippen molar-refractivity contribution in [1.29, 1.82) is 0 Å². The number of aryl methyl sites for hydroxylation is 1. The molecule has 3 heterocycles. The minimum Gasteiger partial charge on any atom is -0.340 e. The number of nitrogens with one attached hydrogen (secondary N) is 2. The molecule has 0 bridgehead atoms. The molecule has 5 aromatic rings. The van der Waals surface area contributed by atoms with Crippen molar-refractivity contribution >= 4 is 34.4 Å². The maximum Gasteiger partial charge on any atom is 0.255 e. The second-order valence-electron chi connectivity index (χ2n) is 7.32. The Kier molecular flexibility index (Phi) is 5.65. The van der Waals surface area contributed by atoms with E-state index >= 15 is 0 Å². The van der Waals surface area contributed by atoms with E-state index in [2.05, 4.69) is 31.7 Å². The van der Waals surface area contributed by atoms with Gasteiger partial charge in [0.15, 0.2) is 0 Å². The minimum atomic E-state index is -0.149. The monoisotopic (exact) mass is 452 g/mol. The van der Waals surface area contributed by atoms with Crippen LogP contribution in [-0.4, -0.2) is 25.4 Å². The first-order valence-electron chi connectivity index (χ1n) is 10.3. The van der Waals surface area contributed by atoms with Gasteiger partial charge in [0, 0.05) is 40.3 Å². The third-order valence-electron chi connectivity index (χ3n) is 5.09. The highest BCUT2D eigenvalue weighted by Gasteiger charge is 2.08. The molecule has 0 saturated carbocycles. The Balaban J connectivity index is 1.24. The Morgan fingerprint density at radius 2 is 1.73 bits per heavy atom. The fourth-order valence-electron chi connectivity index (χ4n) is 3.38. The topological polar surface area (TPSA) is 84.7 Å². The number of thiophene rings is 1. The van der Waals surface area contributed by atoms with Gasteiger partial charge in [-0.05, 0) is 60.3 Å². The minimum absolute atomic E-state index is 0.149. The zero-order valence-electron chi connectivity index (χ0n) is 17.8. The Bertz CT molecular complexity index is 1380. The number of benzene rings is 2. The molecule has 0 saturated heterocycles. The largest absolute Gasteiger partial charge is 0.340 e. The van der Waals surface area contributed by atoms with Crippen LogP contribution in [0.2, 0.25) is 0 Å². The van der Waals surface area contributed by atoms with Gasteiger partial charge in [0.05, 0.1) is 0 Å². The van der Waals surface area contributed by atoms with Crippen molar-refractivity contribution in [3.05, 3.63) is 102 Å². The summed E-state index contributed by atoms with van der Waals surface area (Å²) in [5, 5.41) is 8.24. The van der Waals surface area contributed by atoms with Crippen LogP contribution in [0.1, 0.15) is 16.2 Å². The first-order valence-corrected chi connectivity index (χ1v) is 11.2. The summed E-state index contributed by atoms with van der Waals surface area (Å²) in [6.45, 7) is 1.92. The normalized spacial score (nSPS) is 10.7. The molecule has 2 N–H and O–H groups in total. The van der Waals surface area contributed by atoms with Crippen LogP contribution in [-0.2, 0) is 0 Å². The molecule has 0 radical (unpaired) electrons. The quantitative estimate of drug-likeness (QED) is 0.345. The van der Waals surface area contributed by atoms with Crippen LogP contribution in [0.3, 0.4) is 0 Å². The molecule has 0 spiro atoms. The number of aromatic nitrogens is 4. The van der Waals surface area contributed by atoms with Crippen LogP contribution in [0.5, 0.6) is 0 Å². The molecule has 0 aliphatic rings. The van der Waals surface area contributed by atoms with Gasteiger partial charge >= 0.3 is 0 Å². The molecule has 33 heavy (non-hydrogen) atoms. The van der Waals surface area contributed by atoms with Crippen molar-refractivity contribution in [3.63, 3.8) is 0 Å². The summed E-state index contributed by atoms with van der Waals surface area (Å²) in [5.74, 6) is 2.10. The third-order valence-corrected chi connectivity index (χ3v) is 6.01. The van der Waals surface area contributed by atoms with Gasteiger partial charge in [-0.1, -0.05) is 18.2 Å². The van der Waals surface area contributed by atoms with E-state index < -0.39 is 0 Å². The highest BCUT2D eigenvalue weighted by Crippen LogP contribution is 2.25. The maximum absolute atomic E-state index is 12.6. The lowest BCUT2D eigenvalue weighted by Gasteiger charge is -2.10. The van der Waals surface area contributed by atoms with Crippen molar-refractivity contribution in [2.24, 2.45) is 0 Å². The van der Waals surface area contributed by atoms with Crippen molar-refractivity contribution in [2.45, 2.75) is 6.92 Å². The predicted octanol–water partition coefficient (Wildman–Crippen LogP) is 5.70. The van der Waals surface area contributed by atoms with E-state index in [9.17, 15) is 4.79 Å². The van der Waals surface area contributed by atoms with Gasteiger partial charge in [-0.25, -0.2) is 15.0 Å². The van der Waals surface area contributed by atoms with Crippen LogP contribution < -0.4 is 10.6 Å². The van der Waals surface area contributed by atoms with E-state index in [0.717, 1.165) is 22.9 Å². The van der Waals surface area contributed by atoms with Crippen molar-refractivity contribution < 1.29 is 4.79 Å². The van der Waals surface area contributed by atoms with Crippen LogP contribution in [0.15, 0.2) is 90.8 Å². The molecule has 3 aromatic heterocycles. The maximum atomic E-state index is 12.6. The number of carbonyl (C=O) groups excluding carboxylic acids is 1. The molecule has 0 unspecified atom stereocenters. The summed E-state index contributed by atoms with van der Waals surface area (Å²) in [5.41, 5.74) is 3.28. The molecule has 1 amide bonds. The van der Waals surface area contributed by atoms with E-state index in [-0.39, 0.29) is 5.91 Å². The molecular formula is C25H20N6OS. The average Bonchev–Trinajstić information content (AvgIpc) is 3.53. The van der Waals surface area contributed by atoms with Gasteiger partial charge in [0.1, 0.15) is 23.8 Å². The molecule has 5 rings (SSSR count). The Labute approximate surface area is 194 Å². The van der Waals surface area contributed by atoms with Crippen LogP contribution in [0.25, 0.3) is 16.3 Å². The van der Waals surface area contributed by atoms with Gasteiger partial charge in [0.25, 0.3) is 5.91 Å². The second kappa shape index (κ2) is 9.05. The number of carbonyl (C=O) groups is 1. The lowest BCUT2D eigenvalue weighted by atomic mass is 10.1. The van der Waals surface area contributed by atoms with Gasteiger partial charge in [-0.3, -0.25) is 9.36 Å². The number of imidazole rings is 1. The molecule has 8 heteroatoms. The van der Waals surface area contributed by atoms with Crippen LogP contribution in [0, 0.1) is 6.92 Å². The van der Waals surface area contributed by atoms with E-state index in [1.807, 2.05) is 83.7 Å². The lowest BCUT2D eigenvalue weighted by molar-refractivity contribution is 0.102. The summed E-state index contributed by atoms with van der Waals surface area (Å²) >= 11 is 1.68. The summed E-state index contributed by atoms with van der Waals surface area (Å²) in [6.07, 6.45) is 5.10. The molecule has 0 aliphatic carbocycles. The summed E-state index contributed by atoms with van der Waals surface area (Å²) in [7, 11) is 0. The zero-order valence-corrected chi connectivity index (χ0v) is 18.6. The lowest BCUT2D eigenvalue weighted by Crippen LogP contribution is -2.11. The Hall–Kier alpha value is -4.30. The number of amides is 1. The first kappa shape index (κ1) is 20.6. The molecule has 0 aliphatic heterocycles. The SMILES string of the molecule is Cc1nccn1-c1cc(Nc2ccc(NC(=O)c3ccc(-c4cccs4)cc3)cc2)ncn1. The highest BCUT2D eigenvalue weighted by molar-refractivity contribution is 7.13. The zero-order chi connectivity index (χ0) is 22.6. The standard InChI is InChI=1S/C25H20N6OS/c1-17-26-12-13-31(17)24-15-23(27-16-28-24)29-20-8-10-21(11-9-20)30-25(32)19-6-4-18(5-7-19)22-3-2-14-33-22/h2-16H,1H3,(H,30,32)(H,27,28,29). The van der Waals surface area contributed by atoms with Crippen molar-refractivity contribution in [3.8, 4) is 16.3 Å². The molecule has 7 nitrogen and oxygen atoms in total. The first-order chi connectivity index (χ1) is 16.2. The van der Waals surface area contributed by atoms with Gasteiger partial charge in [-0.2, -0.15) is 0 Å². The van der Waals surface area contributed by atoms with Gasteiger partial charge < -0.3 is 10.6 Å². The number of rotatable bonds is 6. The smallest absolute Gasteiger partial charge is 0.255 e. The average molecular weight is 453 g/mol. The number of hydrogen-bond acceptors (Lipinski definition) is 6. The molecule has 2 aromatic carbocycles. The third kappa shape index (κ3) is 4.65. The molecule has 0 atom stereocenters. The van der Waals surface area contributed by atoms with E-state index in [1.54, 1.807) is 17.5 Å². The van der Waals surface area contributed by atoms with E-state index in [1.165, 1.54) is 11.2 Å². The fourth-order valence-corrected chi connectivity index (χ4v) is 4.12. The Morgan fingerprint density at radius 1 is 0.939 bits per heavy atom. The molecular weight excluding hydrogens is 432 g/mol. The van der Waals surface area contributed by atoms with Crippen LogP contribution >= 0.6 is 11.3 Å². The van der Waals surface area contributed by atoms with Crippen molar-refractivity contribution in [2.75, 3.05) is 10.6 Å². The fraction of sp³-hybridized carbons (Fsp3) is 0.0400. The number of anilines is 3. The number of hydrogen-bond donors (Lipinski definition) is 2. The Morgan fingerprint density at radius 3 is 2.42 bits per heavy atom. The molecule has 162 valence electrons. The second-order valence-corrected chi connectivity index (χ2v) is 8.26. The van der Waals surface area contributed by atoms with Gasteiger partial charge in [-0.15, -0.1) is 11.3 Å². The van der Waals surface area contributed by atoms with E-state index in [0.29, 0.717) is 17.1 Å².